The monoisotopic (exact) mass is 269 g/mol. The maximum absolute atomic E-state index is 4.70. The maximum atomic E-state index is 4.70. The molecule has 18 heavy (non-hydrogen) atoms. The van der Waals surface area contributed by atoms with Crippen molar-refractivity contribution >= 4 is 16.5 Å². The summed E-state index contributed by atoms with van der Waals surface area (Å²) in [4.78, 5) is 8.35. The summed E-state index contributed by atoms with van der Waals surface area (Å²) in [6.07, 6.45) is 0. The second-order valence-electron chi connectivity index (χ2n) is 5.94. The molecule has 4 heteroatoms. The fourth-order valence-electron chi connectivity index (χ4n) is 1.71. The third-order valence-electron chi connectivity index (χ3n) is 3.55. The average molecular weight is 269 g/mol. The first-order valence-corrected chi connectivity index (χ1v) is 7.48. The number of hydrogen-bond acceptors (Lipinski definition) is 4. The van der Waals surface area contributed by atoms with Gasteiger partial charge in [-0.25, -0.2) is 4.98 Å². The first-order chi connectivity index (χ1) is 8.27. The van der Waals surface area contributed by atoms with Gasteiger partial charge in [-0.3, -0.25) is 0 Å². The third kappa shape index (κ3) is 3.69. The van der Waals surface area contributed by atoms with E-state index in [0.29, 0.717) is 6.04 Å². The van der Waals surface area contributed by atoms with E-state index < -0.39 is 0 Å². The van der Waals surface area contributed by atoms with Gasteiger partial charge >= 0.3 is 0 Å². The molecule has 1 rings (SSSR count). The minimum atomic E-state index is 0.260. The zero-order valence-electron chi connectivity index (χ0n) is 12.8. The summed E-state index contributed by atoms with van der Waals surface area (Å²) >= 11 is 1.80. The van der Waals surface area contributed by atoms with E-state index in [1.54, 1.807) is 11.3 Å². The molecule has 0 spiro atoms. The number of aryl methyl sites for hydroxylation is 1. The van der Waals surface area contributed by atoms with Gasteiger partial charge < -0.3 is 10.2 Å². The minimum absolute atomic E-state index is 0.260. The molecule has 1 aromatic rings. The van der Waals surface area contributed by atoms with Crippen LogP contribution in [-0.2, 0) is 6.54 Å². The molecule has 0 saturated heterocycles. The molecule has 1 aromatic heterocycles. The number of rotatable bonds is 5. The molecule has 0 aliphatic heterocycles. The minimum Gasteiger partial charge on any atom is -0.348 e. The molecular formula is C14H27N3S. The van der Waals surface area contributed by atoms with E-state index in [2.05, 4.69) is 58.8 Å². The van der Waals surface area contributed by atoms with Crippen molar-refractivity contribution in [2.45, 2.75) is 54.1 Å². The standard InChI is InChI=1S/C14H27N3S/c1-8-15-9-12-10(2)16-13(18-12)17(7)11(3)14(4,5)6/h11,15H,8-9H2,1-7H3. The van der Waals surface area contributed by atoms with Gasteiger partial charge in [-0.2, -0.15) is 0 Å². The SMILES string of the molecule is CCNCc1sc(N(C)C(C)C(C)(C)C)nc1C. The molecule has 0 radical (unpaired) electrons. The fraction of sp³-hybridized carbons (Fsp3) is 0.786. The van der Waals surface area contributed by atoms with Gasteiger partial charge in [0.15, 0.2) is 5.13 Å². The van der Waals surface area contributed by atoms with E-state index in [0.717, 1.165) is 23.9 Å². The molecule has 1 atom stereocenters. The quantitative estimate of drug-likeness (QED) is 0.887. The molecule has 0 fully saturated rings. The summed E-state index contributed by atoms with van der Waals surface area (Å²) in [5.74, 6) is 0. The molecule has 0 saturated carbocycles. The van der Waals surface area contributed by atoms with Gasteiger partial charge in [-0.15, -0.1) is 11.3 Å². The van der Waals surface area contributed by atoms with Crippen LogP contribution in [0.25, 0.3) is 0 Å². The van der Waals surface area contributed by atoms with Gasteiger partial charge in [-0.05, 0) is 25.8 Å². The number of thiazole rings is 1. The average Bonchev–Trinajstić information content (AvgIpc) is 2.65. The Morgan fingerprint density at radius 2 is 2.00 bits per heavy atom. The fourth-order valence-corrected chi connectivity index (χ4v) is 2.79. The number of nitrogens with zero attached hydrogens (tertiary/aromatic N) is 2. The van der Waals surface area contributed by atoms with Crippen molar-refractivity contribution in [3.05, 3.63) is 10.6 Å². The highest BCUT2D eigenvalue weighted by Gasteiger charge is 2.26. The molecule has 0 amide bonds. The third-order valence-corrected chi connectivity index (χ3v) is 4.80. The summed E-state index contributed by atoms with van der Waals surface area (Å²) in [6.45, 7) is 15.2. The zero-order chi connectivity index (χ0) is 13.9. The van der Waals surface area contributed by atoms with Gasteiger partial charge in [-0.1, -0.05) is 27.7 Å². The van der Waals surface area contributed by atoms with Crippen LogP contribution in [-0.4, -0.2) is 24.6 Å². The first-order valence-electron chi connectivity index (χ1n) is 6.67. The van der Waals surface area contributed by atoms with E-state index in [9.17, 15) is 0 Å². The number of nitrogens with one attached hydrogen (secondary N) is 1. The second-order valence-corrected chi connectivity index (χ2v) is 7.00. The van der Waals surface area contributed by atoms with Crippen LogP contribution in [0.5, 0.6) is 0 Å². The molecule has 1 unspecified atom stereocenters. The Balaban J connectivity index is 2.84. The highest BCUT2D eigenvalue weighted by atomic mass is 32.1. The highest BCUT2D eigenvalue weighted by molar-refractivity contribution is 7.15. The number of hydrogen-bond donors (Lipinski definition) is 1. The van der Waals surface area contributed by atoms with Crippen molar-refractivity contribution < 1.29 is 0 Å². The maximum Gasteiger partial charge on any atom is 0.185 e. The van der Waals surface area contributed by atoms with E-state index in [1.807, 2.05) is 0 Å². The van der Waals surface area contributed by atoms with Gasteiger partial charge in [0.25, 0.3) is 0 Å². The van der Waals surface area contributed by atoms with Crippen LogP contribution in [0.4, 0.5) is 5.13 Å². The smallest absolute Gasteiger partial charge is 0.185 e. The molecule has 104 valence electrons. The van der Waals surface area contributed by atoms with Crippen molar-refractivity contribution in [3.8, 4) is 0 Å². The van der Waals surface area contributed by atoms with Gasteiger partial charge in [0.2, 0.25) is 0 Å². The van der Waals surface area contributed by atoms with E-state index >= 15 is 0 Å². The lowest BCUT2D eigenvalue weighted by molar-refractivity contribution is 0.329. The summed E-state index contributed by atoms with van der Waals surface area (Å²) in [6, 6.07) is 0.468. The summed E-state index contributed by atoms with van der Waals surface area (Å²) < 4.78 is 0. The molecule has 1 heterocycles. The van der Waals surface area contributed by atoms with Crippen LogP contribution in [0.2, 0.25) is 0 Å². The summed E-state index contributed by atoms with van der Waals surface area (Å²) in [7, 11) is 2.14. The second kappa shape index (κ2) is 6.02. The van der Waals surface area contributed by atoms with Gasteiger partial charge in [0, 0.05) is 24.5 Å². The molecule has 0 aromatic carbocycles. The largest absolute Gasteiger partial charge is 0.348 e. The van der Waals surface area contributed by atoms with E-state index in [-0.39, 0.29) is 5.41 Å². The predicted octanol–water partition coefficient (Wildman–Crippen LogP) is 3.43. The van der Waals surface area contributed by atoms with Crippen molar-refractivity contribution in [2.75, 3.05) is 18.5 Å². The molecule has 0 aliphatic carbocycles. The summed E-state index contributed by atoms with van der Waals surface area (Å²) in [5.41, 5.74) is 1.42. The van der Waals surface area contributed by atoms with Crippen LogP contribution in [0, 0.1) is 12.3 Å². The van der Waals surface area contributed by atoms with E-state index in [1.165, 1.54) is 4.88 Å². The lowest BCUT2D eigenvalue weighted by atomic mass is 9.87. The van der Waals surface area contributed by atoms with Crippen molar-refractivity contribution in [3.63, 3.8) is 0 Å². The van der Waals surface area contributed by atoms with Crippen LogP contribution in [0.1, 0.15) is 45.2 Å². The Bertz CT molecular complexity index is 379. The molecule has 0 aliphatic rings. The van der Waals surface area contributed by atoms with Gasteiger partial charge in [0.05, 0.1) is 5.69 Å². The Kier molecular flexibility index (Phi) is 5.17. The Hall–Kier alpha value is -0.610. The van der Waals surface area contributed by atoms with Crippen molar-refractivity contribution in [1.82, 2.24) is 10.3 Å². The Morgan fingerprint density at radius 1 is 1.39 bits per heavy atom. The Morgan fingerprint density at radius 3 is 2.50 bits per heavy atom. The topological polar surface area (TPSA) is 28.2 Å². The van der Waals surface area contributed by atoms with Crippen molar-refractivity contribution in [1.29, 1.82) is 0 Å². The number of aromatic nitrogens is 1. The number of anilines is 1. The van der Waals surface area contributed by atoms with Crippen LogP contribution < -0.4 is 10.2 Å². The molecule has 3 nitrogen and oxygen atoms in total. The normalized spacial score (nSPS) is 13.7. The zero-order valence-corrected chi connectivity index (χ0v) is 13.6. The van der Waals surface area contributed by atoms with Crippen LogP contribution >= 0.6 is 11.3 Å². The van der Waals surface area contributed by atoms with Crippen LogP contribution in [0.3, 0.4) is 0 Å². The van der Waals surface area contributed by atoms with Crippen LogP contribution in [0.15, 0.2) is 0 Å². The molecule has 0 bridgehead atoms. The Labute approximate surface area is 116 Å². The lowest BCUT2D eigenvalue weighted by Crippen LogP contribution is -2.39. The predicted molar refractivity (Wildman–Crippen MR) is 81.6 cm³/mol. The van der Waals surface area contributed by atoms with Crippen molar-refractivity contribution in [2.24, 2.45) is 5.41 Å². The first kappa shape index (κ1) is 15.4. The molecular weight excluding hydrogens is 242 g/mol. The molecule has 1 N–H and O–H groups in total. The highest BCUT2D eigenvalue weighted by Crippen LogP contribution is 2.31. The van der Waals surface area contributed by atoms with E-state index in [4.69, 9.17) is 4.98 Å². The van der Waals surface area contributed by atoms with Gasteiger partial charge in [0.1, 0.15) is 0 Å². The lowest BCUT2D eigenvalue weighted by Gasteiger charge is -2.35. The summed E-state index contributed by atoms with van der Waals surface area (Å²) in [5, 5.41) is 4.50.